The molecule has 1 fully saturated rings. The van der Waals surface area contributed by atoms with Crippen LogP contribution in [0.4, 0.5) is 0 Å². The van der Waals surface area contributed by atoms with Crippen LogP contribution in [0.2, 0.25) is 0 Å². The van der Waals surface area contributed by atoms with Gasteiger partial charge in [0.05, 0.1) is 0 Å². The molecule has 1 aromatic heterocycles. The third-order valence-corrected chi connectivity index (χ3v) is 5.44. The first-order valence-electron chi connectivity index (χ1n) is 5.78. The Bertz CT molecular complexity index is 604. The van der Waals surface area contributed by atoms with E-state index in [-0.39, 0.29) is 20.9 Å². The van der Waals surface area contributed by atoms with Gasteiger partial charge in [-0.3, -0.25) is 4.79 Å². The average Bonchev–Trinajstić information content (AvgIpc) is 2.84. The Labute approximate surface area is 124 Å². The van der Waals surface area contributed by atoms with Gasteiger partial charge in [-0.2, -0.15) is 0 Å². The van der Waals surface area contributed by atoms with Crippen LogP contribution in [0.3, 0.4) is 0 Å². The Hall–Kier alpha value is -0.530. The van der Waals surface area contributed by atoms with Crippen LogP contribution >= 0.6 is 26.6 Å². The highest BCUT2D eigenvalue weighted by molar-refractivity contribution is 9.10. The number of rotatable bonds is 3. The van der Waals surface area contributed by atoms with Crippen molar-refractivity contribution in [3.05, 3.63) is 16.5 Å². The molecule has 1 amide bonds. The van der Waals surface area contributed by atoms with Gasteiger partial charge in [-0.05, 0) is 35.7 Å². The number of hydrogen-bond donors (Lipinski definition) is 1. The third-order valence-electron chi connectivity index (χ3n) is 3.26. The monoisotopic (exact) mass is 369 g/mol. The van der Waals surface area contributed by atoms with Crippen molar-refractivity contribution in [1.82, 2.24) is 5.32 Å². The molecule has 0 saturated heterocycles. The van der Waals surface area contributed by atoms with Gasteiger partial charge in [0.1, 0.15) is 4.90 Å². The summed E-state index contributed by atoms with van der Waals surface area (Å²) in [6, 6.07) is 1.13. The van der Waals surface area contributed by atoms with Crippen molar-refractivity contribution in [2.24, 2.45) is 0 Å². The van der Waals surface area contributed by atoms with E-state index in [2.05, 4.69) is 21.2 Å². The van der Waals surface area contributed by atoms with Crippen LogP contribution in [0.1, 0.15) is 43.2 Å². The molecule has 1 aromatic rings. The van der Waals surface area contributed by atoms with Gasteiger partial charge in [-0.15, -0.1) is 0 Å². The number of hydrogen-bond acceptors (Lipinski definition) is 4. The van der Waals surface area contributed by atoms with Crippen LogP contribution in [0.15, 0.2) is 20.0 Å². The van der Waals surface area contributed by atoms with E-state index in [1.165, 1.54) is 0 Å². The largest absolute Gasteiger partial charge is 0.443 e. The molecule has 8 heteroatoms. The van der Waals surface area contributed by atoms with Crippen molar-refractivity contribution in [1.29, 1.82) is 0 Å². The Kier molecular flexibility index (Phi) is 3.99. The first-order valence-corrected chi connectivity index (χ1v) is 8.88. The third kappa shape index (κ3) is 3.32. The smallest absolute Gasteiger partial charge is 0.287 e. The van der Waals surface area contributed by atoms with Crippen LogP contribution < -0.4 is 5.32 Å². The molecule has 1 heterocycles. The number of furan rings is 1. The predicted molar refractivity (Wildman–Crippen MR) is 73.8 cm³/mol. The lowest BCUT2D eigenvalue weighted by molar-refractivity contribution is 0.0878. The van der Waals surface area contributed by atoms with Crippen molar-refractivity contribution in [2.45, 2.75) is 43.0 Å². The highest BCUT2D eigenvalue weighted by Crippen LogP contribution is 2.31. The van der Waals surface area contributed by atoms with Crippen molar-refractivity contribution in [3.8, 4) is 0 Å². The Morgan fingerprint density at radius 3 is 2.53 bits per heavy atom. The molecule has 0 aliphatic heterocycles. The summed E-state index contributed by atoms with van der Waals surface area (Å²) in [6.07, 6.45) is 3.95. The number of halogens is 2. The van der Waals surface area contributed by atoms with Crippen molar-refractivity contribution >= 4 is 41.6 Å². The van der Waals surface area contributed by atoms with Gasteiger partial charge in [-0.25, -0.2) is 8.42 Å². The standard InChI is InChI=1S/C11H13BrClNO4S/c1-11(4-2-3-5-11)14-10(15)7-6-8(9(12)18-7)19(13,16)17/h6H,2-5H2,1H3,(H,14,15). The minimum absolute atomic E-state index is 0.0655. The Morgan fingerprint density at radius 1 is 1.47 bits per heavy atom. The topological polar surface area (TPSA) is 76.4 Å². The van der Waals surface area contributed by atoms with Gasteiger partial charge in [0.2, 0.25) is 0 Å². The summed E-state index contributed by atoms with van der Waals surface area (Å²) in [5.41, 5.74) is -0.254. The lowest BCUT2D eigenvalue weighted by Crippen LogP contribution is -2.43. The molecule has 0 aromatic carbocycles. The summed E-state index contributed by atoms with van der Waals surface area (Å²) in [7, 11) is 1.29. The fourth-order valence-electron chi connectivity index (χ4n) is 2.25. The van der Waals surface area contributed by atoms with Crippen molar-refractivity contribution < 1.29 is 17.6 Å². The van der Waals surface area contributed by atoms with E-state index in [1.807, 2.05) is 6.92 Å². The lowest BCUT2D eigenvalue weighted by atomic mass is 10.0. The first-order chi connectivity index (χ1) is 8.71. The fraction of sp³-hybridized carbons (Fsp3) is 0.545. The van der Waals surface area contributed by atoms with Gasteiger partial charge in [-0.1, -0.05) is 12.8 Å². The maximum atomic E-state index is 12.0. The molecule has 19 heavy (non-hydrogen) atoms. The van der Waals surface area contributed by atoms with E-state index >= 15 is 0 Å². The predicted octanol–water partition coefficient (Wildman–Crippen LogP) is 3.03. The molecule has 0 spiro atoms. The number of carbonyl (C=O) groups excluding carboxylic acids is 1. The zero-order chi connectivity index (χ0) is 14.3. The summed E-state index contributed by atoms with van der Waals surface area (Å²) in [5.74, 6) is -0.504. The molecule has 0 atom stereocenters. The summed E-state index contributed by atoms with van der Waals surface area (Å²) in [5, 5.41) is 2.87. The summed E-state index contributed by atoms with van der Waals surface area (Å²) >= 11 is 2.94. The van der Waals surface area contributed by atoms with E-state index in [0.717, 1.165) is 31.7 Å². The van der Waals surface area contributed by atoms with Crippen LogP contribution in [0, 0.1) is 0 Å². The van der Waals surface area contributed by atoms with E-state index in [1.54, 1.807) is 0 Å². The molecule has 5 nitrogen and oxygen atoms in total. The zero-order valence-corrected chi connectivity index (χ0v) is 13.4. The van der Waals surface area contributed by atoms with Crippen molar-refractivity contribution in [3.63, 3.8) is 0 Å². The van der Waals surface area contributed by atoms with Gasteiger partial charge < -0.3 is 9.73 Å². The highest BCUT2D eigenvalue weighted by Gasteiger charge is 2.32. The number of amides is 1. The van der Waals surface area contributed by atoms with E-state index < -0.39 is 15.0 Å². The van der Waals surface area contributed by atoms with Gasteiger partial charge in [0, 0.05) is 22.3 Å². The molecule has 106 valence electrons. The second kappa shape index (κ2) is 5.10. The van der Waals surface area contributed by atoms with Crippen LogP contribution in [0.5, 0.6) is 0 Å². The molecule has 1 saturated carbocycles. The van der Waals surface area contributed by atoms with Crippen molar-refractivity contribution in [2.75, 3.05) is 0 Å². The van der Waals surface area contributed by atoms with E-state index in [9.17, 15) is 13.2 Å². The van der Waals surface area contributed by atoms with Gasteiger partial charge in [0.15, 0.2) is 10.4 Å². The Morgan fingerprint density at radius 2 is 2.05 bits per heavy atom. The van der Waals surface area contributed by atoms with Gasteiger partial charge in [0.25, 0.3) is 15.0 Å². The quantitative estimate of drug-likeness (QED) is 0.830. The lowest BCUT2D eigenvalue weighted by Gasteiger charge is -2.24. The fourth-order valence-corrected chi connectivity index (χ4v) is 4.28. The normalized spacial score (nSPS) is 18.5. The average molecular weight is 371 g/mol. The van der Waals surface area contributed by atoms with Crippen LogP contribution in [-0.4, -0.2) is 19.9 Å². The minimum atomic E-state index is -3.94. The maximum absolute atomic E-state index is 12.0. The molecule has 1 aliphatic carbocycles. The summed E-state index contributed by atoms with van der Waals surface area (Å²) in [4.78, 5) is 11.8. The first kappa shape index (κ1) is 14.9. The highest BCUT2D eigenvalue weighted by atomic mass is 79.9. The molecule has 0 bridgehead atoms. The van der Waals surface area contributed by atoms with Crippen LogP contribution in [-0.2, 0) is 9.05 Å². The Balaban J connectivity index is 2.21. The number of nitrogens with one attached hydrogen (secondary N) is 1. The second-order valence-corrected chi connectivity index (χ2v) is 8.16. The molecular weight excluding hydrogens is 358 g/mol. The molecule has 0 radical (unpaired) electrons. The van der Waals surface area contributed by atoms with E-state index in [0.29, 0.717) is 0 Å². The number of carbonyl (C=O) groups is 1. The molecule has 2 rings (SSSR count). The summed E-state index contributed by atoms with van der Waals surface area (Å²) < 4.78 is 27.5. The molecular formula is C11H13BrClNO4S. The molecule has 1 N–H and O–H groups in total. The SMILES string of the molecule is CC1(NC(=O)c2cc(S(=O)(=O)Cl)c(Br)o2)CCCC1. The zero-order valence-electron chi connectivity index (χ0n) is 10.2. The van der Waals surface area contributed by atoms with E-state index in [4.69, 9.17) is 15.1 Å². The van der Waals surface area contributed by atoms with Gasteiger partial charge >= 0.3 is 0 Å². The summed E-state index contributed by atoms with van der Waals surface area (Å²) in [6.45, 7) is 1.97. The minimum Gasteiger partial charge on any atom is -0.443 e. The maximum Gasteiger partial charge on any atom is 0.287 e. The van der Waals surface area contributed by atoms with Crippen LogP contribution in [0.25, 0.3) is 0 Å². The second-order valence-electron chi connectivity index (χ2n) is 4.91. The molecule has 1 aliphatic rings. The molecule has 0 unspecified atom stereocenters.